The van der Waals surface area contributed by atoms with Gasteiger partial charge in [0, 0.05) is 46.4 Å². The second-order valence-corrected chi connectivity index (χ2v) is 8.78. The molecule has 0 unspecified atom stereocenters. The summed E-state index contributed by atoms with van der Waals surface area (Å²) in [6, 6.07) is 13.0. The van der Waals surface area contributed by atoms with Gasteiger partial charge in [-0.1, -0.05) is 18.2 Å². The summed E-state index contributed by atoms with van der Waals surface area (Å²) in [6.45, 7) is 4.22. The van der Waals surface area contributed by atoms with Crippen molar-refractivity contribution in [3.05, 3.63) is 65.2 Å². The third-order valence-corrected chi connectivity index (χ3v) is 5.47. The number of hydrogen-bond donors (Lipinski definition) is 2. The first-order valence-electron chi connectivity index (χ1n) is 10.5. The van der Waals surface area contributed by atoms with E-state index in [-0.39, 0.29) is 17.2 Å². The van der Waals surface area contributed by atoms with E-state index in [1.165, 1.54) is 5.56 Å². The molecule has 1 heterocycles. The van der Waals surface area contributed by atoms with Crippen LogP contribution in [0.4, 0.5) is 5.69 Å². The summed E-state index contributed by atoms with van der Waals surface area (Å²) < 4.78 is 5.37. The van der Waals surface area contributed by atoms with Crippen LogP contribution in [0.2, 0.25) is 0 Å². The molecule has 1 aliphatic heterocycles. The van der Waals surface area contributed by atoms with Crippen LogP contribution in [-0.4, -0.2) is 30.2 Å². The maximum Gasteiger partial charge on any atom is 0.224 e. The Labute approximate surface area is 188 Å². The van der Waals surface area contributed by atoms with Crippen LogP contribution in [0.25, 0.3) is 5.70 Å². The molecule has 1 aliphatic rings. The van der Waals surface area contributed by atoms with Crippen molar-refractivity contribution in [2.45, 2.75) is 45.1 Å². The lowest BCUT2D eigenvalue weighted by atomic mass is 9.85. The van der Waals surface area contributed by atoms with Crippen molar-refractivity contribution in [2.75, 3.05) is 18.3 Å². The molecular formula is C25H29ClN2O3. The molecule has 3 rings (SSSR count). The van der Waals surface area contributed by atoms with E-state index < -0.39 is 0 Å². The number of ketones is 1. The first-order chi connectivity index (χ1) is 14.8. The molecule has 2 N–H and O–H groups in total. The Morgan fingerprint density at radius 1 is 1.19 bits per heavy atom. The van der Waals surface area contributed by atoms with E-state index in [0.29, 0.717) is 23.6 Å². The zero-order valence-corrected chi connectivity index (χ0v) is 19.0. The summed E-state index contributed by atoms with van der Waals surface area (Å²) in [7, 11) is 1.63. The standard InChI is InChI=1S/C25H29ClN2O3/c1-25(2)16-18-10-11-20(31-3)14-21(18)22(28-25)15-23(29)17-7-6-8-19(13-17)27-24(30)9-4-5-12-26/h6-8,10-11,13-15,28H,4-5,9,12,16H2,1-3H3,(H,27,30). The molecule has 0 aromatic heterocycles. The monoisotopic (exact) mass is 440 g/mol. The number of anilines is 1. The molecule has 0 bridgehead atoms. The Kier molecular flexibility index (Phi) is 7.39. The van der Waals surface area contributed by atoms with E-state index >= 15 is 0 Å². The van der Waals surface area contributed by atoms with Crippen molar-refractivity contribution in [1.29, 1.82) is 0 Å². The van der Waals surface area contributed by atoms with Crippen molar-refractivity contribution in [3.8, 4) is 5.75 Å². The second-order valence-electron chi connectivity index (χ2n) is 8.41. The maximum absolute atomic E-state index is 13.1. The highest BCUT2D eigenvalue weighted by Crippen LogP contribution is 2.32. The van der Waals surface area contributed by atoms with E-state index in [4.69, 9.17) is 16.3 Å². The van der Waals surface area contributed by atoms with Gasteiger partial charge in [-0.05, 0) is 62.9 Å². The van der Waals surface area contributed by atoms with Crippen LogP contribution >= 0.6 is 11.6 Å². The van der Waals surface area contributed by atoms with E-state index in [0.717, 1.165) is 36.3 Å². The summed E-state index contributed by atoms with van der Waals surface area (Å²) in [5.41, 5.74) is 3.86. The Morgan fingerprint density at radius 3 is 2.74 bits per heavy atom. The molecule has 164 valence electrons. The maximum atomic E-state index is 13.1. The Bertz CT molecular complexity index is 998. The van der Waals surface area contributed by atoms with Crippen LogP contribution in [0.3, 0.4) is 0 Å². The number of alkyl halides is 1. The normalized spacial score (nSPS) is 15.7. The molecule has 0 spiro atoms. The van der Waals surface area contributed by atoms with Crippen LogP contribution in [0.5, 0.6) is 5.75 Å². The number of rotatable bonds is 8. The van der Waals surface area contributed by atoms with Gasteiger partial charge in [-0.25, -0.2) is 0 Å². The number of methoxy groups -OCH3 is 1. The van der Waals surface area contributed by atoms with Gasteiger partial charge in [0.1, 0.15) is 5.75 Å². The fourth-order valence-corrected chi connectivity index (χ4v) is 3.91. The molecule has 1 amide bonds. The third kappa shape index (κ3) is 6.11. The molecule has 31 heavy (non-hydrogen) atoms. The fourth-order valence-electron chi connectivity index (χ4n) is 3.72. The first kappa shape index (κ1) is 22.9. The van der Waals surface area contributed by atoms with E-state index in [1.807, 2.05) is 12.1 Å². The molecule has 2 aromatic rings. The molecule has 2 aromatic carbocycles. The van der Waals surface area contributed by atoms with Gasteiger partial charge in [-0.3, -0.25) is 9.59 Å². The van der Waals surface area contributed by atoms with Gasteiger partial charge in [0.05, 0.1) is 7.11 Å². The molecule has 5 nitrogen and oxygen atoms in total. The SMILES string of the molecule is COc1ccc2c(c1)C(=CC(=O)c1cccc(NC(=O)CCCCCl)c1)NC(C)(C)C2. The third-order valence-electron chi connectivity index (χ3n) is 5.21. The number of unbranched alkanes of at least 4 members (excludes halogenated alkanes) is 1. The van der Waals surface area contributed by atoms with Crippen molar-refractivity contribution < 1.29 is 14.3 Å². The summed E-state index contributed by atoms with van der Waals surface area (Å²) >= 11 is 5.66. The first-order valence-corrected chi connectivity index (χ1v) is 11.0. The zero-order valence-electron chi connectivity index (χ0n) is 18.3. The Hall–Kier alpha value is -2.79. The number of ether oxygens (including phenoxy) is 1. The highest BCUT2D eigenvalue weighted by atomic mass is 35.5. The van der Waals surface area contributed by atoms with Gasteiger partial charge in [-0.2, -0.15) is 0 Å². The van der Waals surface area contributed by atoms with Crippen molar-refractivity contribution in [1.82, 2.24) is 5.32 Å². The number of carbonyl (C=O) groups excluding carboxylic acids is 2. The van der Waals surface area contributed by atoms with Gasteiger partial charge in [-0.15, -0.1) is 11.6 Å². The number of benzene rings is 2. The highest BCUT2D eigenvalue weighted by molar-refractivity contribution is 6.17. The lowest BCUT2D eigenvalue weighted by Crippen LogP contribution is -2.43. The van der Waals surface area contributed by atoms with E-state index in [1.54, 1.807) is 37.5 Å². The summed E-state index contributed by atoms with van der Waals surface area (Å²) in [5.74, 6) is 1.08. The molecule has 0 aliphatic carbocycles. The average Bonchev–Trinajstić information content (AvgIpc) is 2.73. The molecule has 6 heteroatoms. The van der Waals surface area contributed by atoms with Gasteiger partial charge in [0.2, 0.25) is 5.91 Å². The van der Waals surface area contributed by atoms with E-state index in [2.05, 4.69) is 30.5 Å². The van der Waals surface area contributed by atoms with Gasteiger partial charge >= 0.3 is 0 Å². The smallest absolute Gasteiger partial charge is 0.224 e. The Morgan fingerprint density at radius 2 is 2.00 bits per heavy atom. The predicted octanol–water partition coefficient (Wildman–Crippen LogP) is 5.19. The number of carbonyl (C=O) groups is 2. The van der Waals surface area contributed by atoms with Gasteiger partial charge < -0.3 is 15.4 Å². The van der Waals surface area contributed by atoms with Crippen molar-refractivity contribution >= 4 is 34.7 Å². The minimum atomic E-state index is -0.174. The number of fused-ring (bicyclic) bond motifs is 1. The molecular weight excluding hydrogens is 412 g/mol. The van der Waals surface area contributed by atoms with Crippen LogP contribution in [-0.2, 0) is 11.2 Å². The molecule has 0 radical (unpaired) electrons. The summed E-state index contributed by atoms with van der Waals surface area (Å²) in [6.07, 6.45) is 4.43. The van der Waals surface area contributed by atoms with Crippen LogP contribution in [0.15, 0.2) is 48.5 Å². The molecule has 0 saturated carbocycles. The Balaban J connectivity index is 1.83. The predicted molar refractivity (Wildman–Crippen MR) is 126 cm³/mol. The lowest BCUT2D eigenvalue weighted by Gasteiger charge is -2.35. The van der Waals surface area contributed by atoms with Crippen molar-refractivity contribution in [2.24, 2.45) is 0 Å². The minimum Gasteiger partial charge on any atom is -0.497 e. The second kappa shape index (κ2) is 10.0. The van der Waals surface area contributed by atoms with Crippen LogP contribution in [0.1, 0.15) is 54.6 Å². The summed E-state index contributed by atoms with van der Waals surface area (Å²) in [5, 5.41) is 6.34. The quantitative estimate of drug-likeness (QED) is 0.256. The highest BCUT2D eigenvalue weighted by Gasteiger charge is 2.28. The molecule has 0 fully saturated rings. The summed E-state index contributed by atoms with van der Waals surface area (Å²) in [4.78, 5) is 25.1. The number of nitrogens with one attached hydrogen (secondary N) is 2. The van der Waals surface area contributed by atoms with Gasteiger partial charge in [0.15, 0.2) is 5.78 Å². The molecule has 0 atom stereocenters. The molecule has 0 saturated heterocycles. The number of allylic oxidation sites excluding steroid dienone is 1. The average molecular weight is 441 g/mol. The van der Waals surface area contributed by atoms with Crippen LogP contribution in [0, 0.1) is 0 Å². The van der Waals surface area contributed by atoms with Gasteiger partial charge in [0.25, 0.3) is 0 Å². The van der Waals surface area contributed by atoms with Crippen molar-refractivity contribution in [3.63, 3.8) is 0 Å². The minimum absolute atomic E-state index is 0.0789. The number of amides is 1. The van der Waals surface area contributed by atoms with E-state index in [9.17, 15) is 9.59 Å². The number of hydrogen-bond acceptors (Lipinski definition) is 4. The number of halogens is 1. The topological polar surface area (TPSA) is 67.4 Å². The van der Waals surface area contributed by atoms with Crippen LogP contribution < -0.4 is 15.4 Å². The fraction of sp³-hybridized carbons (Fsp3) is 0.360. The zero-order chi connectivity index (χ0) is 22.4. The largest absolute Gasteiger partial charge is 0.497 e. The lowest BCUT2D eigenvalue weighted by molar-refractivity contribution is -0.116.